The smallest absolute Gasteiger partial charge is 0.241 e. The van der Waals surface area contributed by atoms with Crippen molar-refractivity contribution < 1.29 is 8.42 Å². The van der Waals surface area contributed by atoms with E-state index in [-0.39, 0.29) is 11.4 Å². The topological polar surface area (TPSA) is 72.2 Å². The van der Waals surface area contributed by atoms with E-state index in [0.717, 1.165) is 10.0 Å². The molecule has 106 valence electrons. The summed E-state index contributed by atoms with van der Waals surface area (Å²) in [6, 6.07) is 12.2. The van der Waals surface area contributed by atoms with E-state index in [1.165, 1.54) is 6.07 Å². The highest BCUT2D eigenvalue weighted by Gasteiger charge is 2.16. The van der Waals surface area contributed by atoms with Crippen LogP contribution < -0.4 is 10.5 Å². The first-order valence-corrected chi connectivity index (χ1v) is 8.26. The SMILES string of the molecule is Cc1cc(N)ccc1S(=O)(=O)NCc1cccc(Br)c1. The maximum atomic E-state index is 12.3. The molecule has 0 bridgehead atoms. The molecule has 4 nitrogen and oxygen atoms in total. The molecule has 0 saturated carbocycles. The first kappa shape index (κ1) is 15.0. The van der Waals surface area contributed by atoms with Crippen LogP contribution in [-0.4, -0.2) is 8.42 Å². The predicted molar refractivity (Wildman–Crippen MR) is 83.8 cm³/mol. The summed E-state index contributed by atoms with van der Waals surface area (Å²) in [5.74, 6) is 0. The van der Waals surface area contributed by atoms with E-state index >= 15 is 0 Å². The van der Waals surface area contributed by atoms with Gasteiger partial charge in [-0.05, 0) is 48.4 Å². The number of nitrogens with two attached hydrogens (primary N) is 1. The number of hydrogen-bond donors (Lipinski definition) is 2. The van der Waals surface area contributed by atoms with E-state index in [1.807, 2.05) is 24.3 Å². The van der Waals surface area contributed by atoms with Gasteiger partial charge in [-0.3, -0.25) is 0 Å². The van der Waals surface area contributed by atoms with Gasteiger partial charge in [0, 0.05) is 16.7 Å². The Kier molecular flexibility index (Phi) is 4.47. The van der Waals surface area contributed by atoms with Crippen molar-refractivity contribution in [3.05, 3.63) is 58.1 Å². The Balaban J connectivity index is 2.19. The number of benzene rings is 2. The van der Waals surface area contributed by atoms with Crippen LogP contribution in [0.2, 0.25) is 0 Å². The molecule has 3 N–H and O–H groups in total. The van der Waals surface area contributed by atoms with Crippen molar-refractivity contribution in [2.75, 3.05) is 5.73 Å². The Labute approximate surface area is 127 Å². The summed E-state index contributed by atoms with van der Waals surface area (Å²) >= 11 is 3.36. The van der Waals surface area contributed by atoms with Gasteiger partial charge in [0.05, 0.1) is 4.90 Å². The molecule has 2 aromatic rings. The zero-order chi connectivity index (χ0) is 14.8. The van der Waals surface area contributed by atoms with E-state index in [9.17, 15) is 8.42 Å². The molecule has 0 aliphatic carbocycles. The number of halogens is 1. The monoisotopic (exact) mass is 354 g/mol. The number of sulfonamides is 1. The van der Waals surface area contributed by atoms with Crippen LogP contribution in [0.3, 0.4) is 0 Å². The Hall–Kier alpha value is -1.37. The van der Waals surface area contributed by atoms with Crippen molar-refractivity contribution in [1.29, 1.82) is 0 Å². The molecule has 0 aliphatic rings. The van der Waals surface area contributed by atoms with Gasteiger partial charge in [0.2, 0.25) is 10.0 Å². The maximum absolute atomic E-state index is 12.3. The zero-order valence-electron chi connectivity index (χ0n) is 10.9. The maximum Gasteiger partial charge on any atom is 0.241 e. The van der Waals surface area contributed by atoms with Crippen molar-refractivity contribution in [3.8, 4) is 0 Å². The Morgan fingerprint density at radius 3 is 2.60 bits per heavy atom. The molecule has 0 aliphatic heterocycles. The van der Waals surface area contributed by atoms with E-state index in [0.29, 0.717) is 11.3 Å². The van der Waals surface area contributed by atoms with Gasteiger partial charge >= 0.3 is 0 Å². The molecule has 0 heterocycles. The lowest BCUT2D eigenvalue weighted by Gasteiger charge is -2.10. The quantitative estimate of drug-likeness (QED) is 0.829. The molecule has 20 heavy (non-hydrogen) atoms. The highest BCUT2D eigenvalue weighted by Crippen LogP contribution is 2.18. The molecular weight excluding hydrogens is 340 g/mol. The van der Waals surface area contributed by atoms with Crippen molar-refractivity contribution in [3.63, 3.8) is 0 Å². The number of rotatable bonds is 4. The highest BCUT2D eigenvalue weighted by atomic mass is 79.9. The van der Waals surface area contributed by atoms with Crippen molar-refractivity contribution in [1.82, 2.24) is 4.72 Å². The standard InChI is InChI=1S/C14H15BrN2O2S/c1-10-7-13(16)5-6-14(10)20(18,19)17-9-11-3-2-4-12(15)8-11/h2-8,17H,9,16H2,1H3. The van der Waals surface area contributed by atoms with Gasteiger partial charge < -0.3 is 5.73 Å². The molecule has 0 radical (unpaired) electrons. The number of nitrogen functional groups attached to an aromatic ring is 1. The van der Waals surface area contributed by atoms with Crippen LogP contribution in [0, 0.1) is 6.92 Å². The summed E-state index contributed by atoms with van der Waals surface area (Å²) in [6.45, 7) is 1.97. The van der Waals surface area contributed by atoms with Crippen LogP contribution in [0.1, 0.15) is 11.1 Å². The van der Waals surface area contributed by atoms with Gasteiger partial charge in [-0.15, -0.1) is 0 Å². The van der Waals surface area contributed by atoms with E-state index in [4.69, 9.17) is 5.73 Å². The van der Waals surface area contributed by atoms with E-state index in [1.54, 1.807) is 19.1 Å². The first-order chi connectivity index (χ1) is 9.38. The highest BCUT2D eigenvalue weighted by molar-refractivity contribution is 9.10. The Morgan fingerprint density at radius 1 is 1.20 bits per heavy atom. The summed E-state index contributed by atoms with van der Waals surface area (Å²) in [6.07, 6.45) is 0. The lowest BCUT2D eigenvalue weighted by atomic mass is 10.2. The van der Waals surface area contributed by atoms with Crippen LogP contribution in [0.5, 0.6) is 0 Å². The minimum atomic E-state index is -3.54. The van der Waals surface area contributed by atoms with E-state index < -0.39 is 10.0 Å². The molecule has 0 aromatic heterocycles. The van der Waals surface area contributed by atoms with E-state index in [2.05, 4.69) is 20.7 Å². The molecular formula is C14H15BrN2O2S. The number of anilines is 1. The van der Waals surface area contributed by atoms with Gasteiger partial charge in [0.15, 0.2) is 0 Å². The van der Waals surface area contributed by atoms with Crippen LogP contribution in [0.4, 0.5) is 5.69 Å². The fourth-order valence-corrected chi connectivity index (χ4v) is 3.57. The Bertz CT molecular complexity index is 730. The molecule has 0 fully saturated rings. The number of hydrogen-bond acceptors (Lipinski definition) is 3. The van der Waals surface area contributed by atoms with Crippen LogP contribution in [0.15, 0.2) is 51.8 Å². The first-order valence-electron chi connectivity index (χ1n) is 5.99. The zero-order valence-corrected chi connectivity index (χ0v) is 13.3. The Morgan fingerprint density at radius 2 is 1.95 bits per heavy atom. The van der Waals surface area contributed by atoms with Crippen molar-refractivity contribution in [2.45, 2.75) is 18.4 Å². The van der Waals surface area contributed by atoms with Gasteiger partial charge in [0.25, 0.3) is 0 Å². The van der Waals surface area contributed by atoms with Crippen LogP contribution >= 0.6 is 15.9 Å². The van der Waals surface area contributed by atoms with Gasteiger partial charge in [-0.2, -0.15) is 0 Å². The molecule has 0 atom stereocenters. The summed E-state index contributed by atoms with van der Waals surface area (Å²) in [5.41, 5.74) is 7.70. The number of aryl methyl sites for hydroxylation is 1. The summed E-state index contributed by atoms with van der Waals surface area (Å²) in [4.78, 5) is 0.252. The average molecular weight is 355 g/mol. The number of nitrogens with one attached hydrogen (secondary N) is 1. The van der Waals surface area contributed by atoms with Gasteiger partial charge in [-0.25, -0.2) is 13.1 Å². The largest absolute Gasteiger partial charge is 0.399 e. The predicted octanol–water partition coefficient (Wildman–Crippen LogP) is 2.82. The lowest BCUT2D eigenvalue weighted by molar-refractivity contribution is 0.580. The molecule has 0 spiro atoms. The second kappa shape index (κ2) is 5.95. The average Bonchev–Trinajstić information content (AvgIpc) is 2.36. The third-order valence-corrected chi connectivity index (χ3v) is 4.90. The molecule has 6 heteroatoms. The molecule has 0 unspecified atom stereocenters. The minimum Gasteiger partial charge on any atom is -0.399 e. The van der Waals surface area contributed by atoms with Crippen LogP contribution in [-0.2, 0) is 16.6 Å². The van der Waals surface area contributed by atoms with Gasteiger partial charge in [0.1, 0.15) is 0 Å². The minimum absolute atomic E-state index is 0.242. The fraction of sp³-hybridized carbons (Fsp3) is 0.143. The molecule has 0 saturated heterocycles. The third kappa shape index (κ3) is 3.59. The summed E-state index contributed by atoms with van der Waals surface area (Å²) in [5, 5.41) is 0. The molecule has 2 aromatic carbocycles. The molecule has 0 amide bonds. The second-order valence-electron chi connectivity index (χ2n) is 4.48. The van der Waals surface area contributed by atoms with Gasteiger partial charge in [-0.1, -0.05) is 28.1 Å². The summed E-state index contributed by atoms with van der Waals surface area (Å²) < 4.78 is 28.0. The summed E-state index contributed by atoms with van der Waals surface area (Å²) in [7, 11) is -3.54. The van der Waals surface area contributed by atoms with Crippen molar-refractivity contribution in [2.24, 2.45) is 0 Å². The van der Waals surface area contributed by atoms with Crippen molar-refractivity contribution >= 4 is 31.6 Å². The second-order valence-corrected chi connectivity index (χ2v) is 7.13. The molecule has 2 rings (SSSR count). The fourth-order valence-electron chi connectivity index (χ4n) is 1.88. The third-order valence-electron chi connectivity index (χ3n) is 2.84. The lowest BCUT2D eigenvalue weighted by Crippen LogP contribution is -2.24. The normalized spacial score (nSPS) is 11.5. The van der Waals surface area contributed by atoms with Crippen LogP contribution in [0.25, 0.3) is 0 Å².